The molecule has 0 amide bonds. The Hall–Kier alpha value is -1.57. The Morgan fingerprint density at radius 2 is 2.11 bits per heavy atom. The molecule has 0 saturated carbocycles. The molecular weight excluding hydrogens is 268 g/mol. The fourth-order valence-electron chi connectivity index (χ4n) is 1.66. The Balaban J connectivity index is 2.13. The summed E-state index contributed by atoms with van der Waals surface area (Å²) in [6.07, 6.45) is 1.50. The molecule has 0 aliphatic carbocycles. The Labute approximate surface area is 111 Å². The van der Waals surface area contributed by atoms with E-state index in [1.165, 1.54) is 12.3 Å². The van der Waals surface area contributed by atoms with Crippen molar-refractivity contribution in [2.45, 2.75) is 24.6 Å². The quantitative estimate of drug-likeness (QED) is 0.842. The molecule has 0 spiro atoms. The van der Waals surface area contributed by atoms with E-state index in [2.05, 4.69) is 10.0 Å². The topological polar surface area (TPSA) is 84.5 Å². The second-order valence-corrected chi connectivity index (χ2v) is 5.75. The van der Waals surface area contributed by atoms with Crippen molar-refractivity contribution in [2.24, 2.45) is 0 Å². The van der Waals surface area contributed by atoms with Gasteiger partial charge in [-0.1, -0.05) is 0 Å². The second-order valence-electron chi connectivity index (χ2n) is 4.11. The second kappa shape index (κ2) is 5.60. The first kappa shape index (κ1) is 13.9. The van der Waals surface area contributed by atoms with Gasteiger partial charge in [0.1, 0.15) is 11.5 Å². The van der Waals surface area contributed by atoms with Gasteiger partial charge >= 0.3 is 0 Å². The van der Waals surface area contributed by atoms with Crippen molar-refractivity contribution in [3.05, 3.63) is 42.0 Å². The van der Waals surface area contributed by atoms with Crippen molar-refractivity contribution in [1.82, 2.24) is 10.0 Å². The summed E-state index contributed by atoms with van der Waals surface area (Å²) in [6.45, 7) is 2.18. The van der Waals surface area contributed by atoms with Gasteiger partial charge in [0.2, 0.25) is 5.09 Å². The van der Waals surface area contributed by atoms with Crippen molar-refractivity contribution in [3.8, 4) is 0 Å². The lowest BCUT2D eigenvalue weighted by Crippen LogP contribution is -2.26. The normalized spacial score (nSPS) is 13.6. The zero-order valence-corrected chi connectivity index (χ0v) is 11.5. The van der Waals surface area contributed by atoms with Gasteiger partial charge in [-0.2, -0.15) is 4.72 Å². The van der Waals surface area contributed by atoms with Crippen molar-refractivity contribution >= 4 is 10.0 Å². The zero-order chi connectivity index (χ0) is 13.9. The summed E-state index contributed by atoms with van der Waals surface area (Å²) in [4.78, 5) is 0. The van der Waals surface area contributed by atoms with Crippen molar-refractivity contribution in [3.63, 3.8) is 0 Å². The van der Waals surface area contributed by atoms with E-state index < -0.39 is 16.1 Å². The fraction of sp³-hybridized carbons (Fsp3) is 0.333. The molecule has 2 aromatic heterocycles. The monoisotopic (exact) mass is 284 g/mol. The van der Waals surface area contributed by atoms with Crippen LogP contribution in [0, 0.1) is 0 Å². The van der Waals surface area contributed by atoms with Gasteiger partial charge in [-0.05, 0) is 38.2 Å². The largest absolute Gasteiger partial charge is 0.468 e. The minimum absolute atomic E-state index is 0.101. The number of hydrogen-bond acceptors (Lipinski definition) is 5. The summed E-state index contributed by atoms with van der Waals surface area (Å²) in [5.41, 5.74) is 0. The third-order valence-corrected chi connectivity index (χ3v) is 3.97. The highest BCUT2D eigenvalue weighted by molar-refractivity contribution is 7.89. The molecule has 2 aromatic rings. The Morgan fingerprint density at radius 1 is 1.32 bits per heavy atom. The van der Waals surface area contributed by atoms with E-state index in [1.807, 2.05) is 0 Å². The highest BCUT2D eigenvalue weighted by atomic mass is 32.2. The standard InChI is InChI=1S/C12H16N2O4S/c1-9(11-4-3-7-17-11)14-19(15,16)12-6-5-10(18-12)8-13-2/h3-7,9,13-14H,8H2,1-2H3. The molecule has 104 valence electrons. The van der Waals surface area contributed by atoms with Gasteiger partial charge < -0.3 is 14.2 Å². The van der Waals surface area contributed by atoms with Crippen LogP contribution in [0.15, 0.2) is 44.5 Å². The fourth-order valence-corrected chi connectivity index (χ4v) is 2.82. The highest BCUT2D eigenvalue weighted by Crippen LogP contribution is 2.19. The minimum atomic E-state index is -3.69. The van der Waals surface area contributed by atoms with Gasteiger partial charge in [-0.15, -0.1) is 0 Å². The molecule has 1 unspecified atom stereocenters. The molecule has 1 atom stereocenters. The number of furan rings is 2. The Kier molecular flexibility index (Phi) is 4.08. The van der Waals surface area contributed by atoms with Crippen molar-refractivity contribution < 1.29 is 17.3 Å². The third-order valence-electron chi connectivity index (χ3n) is 2.55. The molecule has 0 radical (unpaired) electrons. The Bertz CT molecular complexity index is 616. The average molecular weight is 284 g/mol. The van der Waals surface area contributed by atoms with Gasteiger partial charge in [-0.3, -0.25) is 0 Å². The third kappa shape index (κ3) is 3.25. The summed E-state index contributed by atoms with van der Waals surface area (Å²) in [5.74, 6) is 1.11. The predicted octanol–water partition coefficient (Wildman–Crippen LogP) is 1.63. The number of rotatable bonds is 6. The predicted molar refractivity (Wildman–Crippen MR) is 68.9 cm³/mol. The maximum Gasteiger partial charge on any atom is 0.274 e. The van der Waals surface area contributed by atoms with Gasteiger partial charge in [0, 0.05) is 0 Å². The number of hydrogen-bond donors (Lipinski definition) is 2. The first-order chi connectivity index (χ1) is 9.03. The SMILES string of the molecule is CNCc1ccc(S(=O)(=O)NC(C)c2ccco2)o1. The summed E-state index contributed by atoms with van der Waals surface area (Å²) in [5, 5.41) is 2.79. The average Bonchev–Trinajstić information content (AvgIpc) is 2.99. The molecule has 2 N–H and O–H groups in total. The van der Waals surface area contributed by atoms with E-state index in [4.69, 9.17) is 8.83 Å². The first-order valence-corrected chi connectivity index (χ1v) is 7.30. The van der Waals surface area contributed by atoms with Crippen LogP contribution in [-0.4, -0.2) is 15.5 Å². The van der Waals surface area contributed by atoms with Crippen LogP contribution in [0.3, 0.4) is 0 Å². The van der Waals surface area contributed by atoms with E-state index in [0.29, 0.717) is 18.1 Å². The van der Waals surface area contributed by atoms with Crippen LogP contribution in [-0.2, 0) is 16.6 Å². The van der Waals surface area contributed by atoms with Crippen LogP contribution in [0.4, 0.5) is 0 Å². The molecule has 0 saturated heterocycles. The smallest absolute Gasteiger partial charge is 0.274 e. The van der Waals surface area contributed by atoms with E-state index in [9.17, 15) is 8.42 Å². The molecule has 19 heavy (non-hydrogen) atoms. The molecule has 6 nitrogen and oxygen atoms in total. The summed E-state index contributed by atoms with van der Waals surface area (Å²) < 4.78 is 37.1. The lowest BCUT2D eigenvalue weighted by atomic mass is 10.3. The lowest BCUT2D eigenvalue weighted by Gasteiger charge is -2.10. The van der Waals surface area contributed by atoms with E-state index in [-0.39, 0.29) is 5.09 Å². The van der Waals surface area contributed by atoms with Crippen LogP contribution >= 0.6 is 0 Å². The maximum absolute atomic E-state index is 12.1. The molecule has 2 heterocycles. The van der Waals surface area contributed by atoms with Crippen LogP contribution in [0.1, 0.15) is 24.5 Å². The molecular formula is C12H16N2O4S. The van der Waals surface area contributed by atoms with Crippen LogP contribution < -0.4 is 10.0 Å². The molecule has 0 aromatic carbocycles. The number of nitrogens with one attached hydrogen (secondary N) is 2. The molecule has 0 fully saturated rings. The lowest BCUT2D eigenvalue weighted by molar-refractivity contribution is 0.399. The molecule has 0 aliphatic heterocycles. The van der Waals surface area contributed by atoms with Crippen LogP contribution in [0.25, 0.3) is 0 Å². The Morgan fingerprint density at radius 3 is 2.74 bits per heavy atom. The minimum Gasteiger partial charge on any atom is -0.468 e. The van der Waals surface area contributed by atoms with E-state index >= 15 is 0 Å². The van der Waals surface area contributed by atoms with Crippen LogP contribution in [0.2, 0.25) is 0 Å². The van der Waals surface area contributed by atoms with Crippen molar-refractivity contribution in [2.75, 3.05) is 7.05 Å². The highest BCUT2D eigenvalue weighted by Gasteiger charge is 2.23. The zero-order valence-electron chi connectivity index (χ0n) is 10.7. The molecule has 7 heteroatoms. The molecule has 2 rings (SSSR count). The van der Waals surface area contributed by atoms with Gasteiger partial charge in [0.15, 0.2) is 0 Å². The van der Waals surface area contributed by atoms with Crippen molar-refractivity contribution in [1.29, 1.82) is 0 Å². The summed E-state index contributed by atoms with van der Waals surface area (Å²) in [7, 11) is -1.93. The summed E-state index contributed by atoms with van der Waals surface area (Å²) >= 11 is 0. The van der Waals surface area contributed by atoms with E-state index in [1.54, 1.807) is 32.2 Å². The molecule has 0 bridgehead atoms. The van der Waals surface area contributed by atoms with Gasteiger partial charge in [-0.25, -0.2) is 8.42 Å². The number of sulfonamides is 1. The summed E-state index contributed by atoms with van der Waals surface area (Å²) in [6, 6.07) is 6.02. The molecule has 0 aliphatic rings. The first-order valence-electron chi connectivity index (χ1n) is 5.82. The maximum atomic E-state index is 12.1. The van der Waals surface area contributed by atoms with Crippen LogP contribution in [0.5, 0.6) is 0 Å². The van der Waals surface area contributed by atoms with E-state index in [0.717, 1.165) is 0 Å². The van der Waals surface area contributed by atoms with Gasteiger partial charge in [0.25, 0.3) is 10.0 Å². The van der Waals surface area contributed by atoms with Gasteiger partial charge in [0.05, 0.1) is 18.8 Å².